The first-order valence-corrected chi connectivity index (χ1v) is 20.7. The smallest absolute Gasteiger partial charge is 0.165 e. The molecule has 0 aliphatic carbocycles. The van der Waals surface area contributed by atoms with Gasteiger partial charge < -0.3 is 4.57 Å². The lowest BCUT2D eigenvalue weighted by Gasteiger charge is -2.10. The summed E-state index contributed by atoms with van der Waals surface area (Å²) >= 11 is 3.67. The molecular weight excluding hydrogens is 733 g/mol. The predicted octanol–water partition coefficient (Wildman–Crippen LogP) is 14.4. The van der Waals surface area contributed by atoms with E-state index < -0.39 is 0 Å². The van der Waals surface area contributed by atoms with Crippen LogP contribution in [0.2, 0.25) is 0 Å². The zero-order chi connectivity index (χ0) is 37.5. The average molecular weight is 763 g/mol. The number of para-hydroxylation sites is 2. The van der Waals surface area contributed by atoms with Crippen LogP contribution in [-0.2, 0) is 0 Å². The van der Waals surface area contributed by atoms with Crippen LogP contribution in [-0.4, -0.2) is 19.5 Å². The largest absolute Gasteiger partial charge is 0.309 e. The third-order valence-electron chi connectivity index (χ3n) is 11.1. The van der Waals surface area contributed by atoms with E-state index >= 15 is 0 Å². The molecule has 8 aromatic carbocycles. The van der Waals surface area contributed by atoms with E-state index in [1.54, 1.807) is 11.3 Å². The van der Waals surface area contributed by atoms with Crippen molar-refractivity contribution < 1.29 is 0 Å². The van der Waals surface area contributed by atoms with Gasteiger partial charge in [0, 0.05) is 67.8 Å². The molecule has 0 amide bonds. The first-order chi connectivity index (χ1) is 28.3. The van der Waals surface area contributed by atoms with E-state index in [2.05, 4.69) is 150 Å². The van der Waals surface area contributed by atoms with E-state index in [9.17, 15) is 0 Å². The standard InChI is InChI=1S/C51H30N4S2/c1-3-14-31(15-4-1)49-52-50(32-16-5-2-6-17-32)54-51(53-49)39-22-11-21-38-46-34(20-12-26-43(46)57-48(38)39)33-28-29-37-45(30-33)56-44-27-13-25-42(47(37)44)55-40-23-9-7-18-35(40)36-19-8-10-24-41(36)55/h1-30H. The number of rotatable bonds is 5. The van der Waals surface area contributed by atoms with Crippen LogP contribution >= 0.6 is 22.7 Å². The minimum Gasteiger partial charge on any atom is -0.309 e. The average Bonchev–Trinajstić information content (AvgIpc) is 3.96. The number of thiophene rings is 2. The Labute approximate surface area is 335 Å². The fraction of sp³-hybridized carbons (Fsp3) is 0. The van der Waals surface area contributed by atoms with Crippen molar-refractivity contribution in [2.75, 3.05) is 0 Å². The van der Waals surface area contributed by atoms with Gasteiger partial charge in [-0.25, -0.2) is 15.0 Å². The molecule has 4 aromatic heterocycles. The second-order valence-electron chi connectivity index (χ2n) is 14.3. The summed E-state index contributed by atoms with van der Waals surface area (Å²) < 4.78 is 7.41. The molecule has 6 heteroatoms. The van der Waals surface area contributed by atoms with Gasteiger partial charge >= 0.3 is 0 Å². The molecule has 0 bridgehead atoms. The fourth-order valence-corrected chi connectivity index (χ4v) is 10.9. The van der Waals surface area contributed by atoms with Crippen molar-refractivity contribution in [3.63, 3.8) is 0 Å². The van der Waals surface area contributed by atoms with Gasteiger partial charge in [0.15, 0.2) is 17.5 Å². The van der Waals surface area contributed by atoms with Crippen LogP contribution in [0.25, 0.3) is 113 Å². The van der Waals surface area contributed by atoms with Crippen molar-refractivity contribution in [2.45, 2.75) is 0 Å². The molecule has 0 N–H and O–H groups in total. The maximum absolute atomic E-state index is 5.10. The van der Waals surface area contributed by atoms with Crippen LogP contribution in [0.5, 0.6) is 0 Å². The van der Waals surface area contributed by atoms with Crippen molar-refractivity contribution in [1.82, 2.24) is 19.5 Å². The lowest BCUT2D eigenvalue weighted by molar-refractivity contribution is 1.08. The molecule has 0 aliphatic rings. The Hall–Kier alpha value is -6.99. The van der Waals surface area contributed by atoms with Crippen LogP contribution in [0.15, 0.2) is 182 Å². The molecule has 0 aliphatic heterocycles. The zero-order valence-electron chi connectivity index (χ0n) is 30.4. The van der Waals surface area contributed by atoms with Gasteiger partial charge in [-0.1, -0.05) is 140 Å². The van der Waals surface area contributed by atoms with Crippen LogP contribution in [0.3, 0.4) is 0 Å². The normalized spacial score (nSPS) is 11.9. The molecule has 0 saturated carbocycles. The Kier molecular flexibility index (Phi) is 7.24. The maximum Gasteiger partial charge on any atom is 0.165 e. The third-order valence-corrected chi connectivity index (χ3v) is 13.4. The van der Waals surface area contributed by atoms with Gasteiger partial charge in [0.25, 0.3) is 0 Å². The van der Waals surface area contributed by atoms with Crippen LogP contribution in [0.4, 0.5) is 0 Å². The monoisotopic (exact) mass is 762 g/mol. The Morgan fingerprint density at radius 3 is 1.61 bits per heavy atom. The van der Waals surface area contributed by atoms with Gasteiger partial charge in [-0.3, -0.25) is 0 Å². The van der Waals surface area contributed by atoms with E-state index in [1.807, 2.05) is 47.7 Å². The summed E-state index contributed by atoms with van der Waals surface area (Å²) in [6.07, 6.45) is 0. The molecule has 12 aromatic rings. The fourth-order valence-electron chi connectivity index (χ4n) is 8.54. The Bertz CT molecular complexity index is 3410. The number of benzene rings is 8. The molecule has 0 fully saturated rings. The summed E-state index contributed by atoms with van der Waals surface area (Å²) in [5.41, 5.74) is 9.03. The molecule has 0 radical (unpaired) electrons. The van der Waals surface area contributed by atoms with Crippen molar-refractivity contribution in [3.05, 3.63) is 182 Å². The van der Waals surface area contributed by atoms with Crippen LogP contribution in [0.1, 0.15) is 0 Å². The van der Waals surface area contributed by atoms with Crippen molar-refractivity contribution in [3.8, 4) is 51.0 Å². The van der Waals surface area contributed by atoms with Crippen molar-refractivity contribution >= 4 is 84.8 Å². The SMILES string of the molecule is c1ccc(-c2nc(-c3ccccc3)nc(-c3cccc4c3sc3cccc(-c5ccc6c(c5)sc5cccc(-n7c8ccccc8c8ccccc87)c56)c34)n2)cc1. The maximum atomic E-state index is 5.10. The van der Waals surface area contributed by atoms with Gasteiger partial charge in [0.05, 0.1) is 16.7 Å². The second kappa shape index (κ2) is 12.8. The Balaban J connectivity index is 1.03. The zero-order valence-corrected chi connectivity index (χ0v) is 32.1. The summed E-state index contributed by atoms with van der Waals surface area (Å²) in [7, 11) is 0. The summed E-state index contributed by atoms with van der Waals surface area (Å²) in [4.78, 5) is 15.1. The van der Waals surface area contributed by atoms with Gasteiger partial charge in [-0.2, -0.15) is 0 Å². The molecule has 0 unspecified atom stereocenters. The molecule has 266 valence electrons. The highest BCUT2D eigenvalue weighted by Crippen LogP contribution is 2.46. The minimum absolute atomic E-state index is 0.663. The summed E-state index contributed by atoms with van der Waals surface area (Å²) in [6, 6.07) is 64.8. The highest BCUT2D eigenvalue weighted by Gasteiger charge is 2.20. The number of aromatic nitrogens is 4. The Morgan fingerprint density at radius 2 is 0.912 bits per heavy atom. The number of hydrogen-bond donors (Lipinski definition) is 0. The van der Waals surface area contributed by atoms with E-state index in [0.29, 0.717) is 17.5 Å². The highest BCUT2D eigenvalue weighted by molar-refractivity contribution is 7.26. The topological polar surface area (TPSA) is 43.6 Å². The quantitative estimate of drug-likeness (QED) is 0.175. The summed E-state index contributed by atoms with van der Waals surface area (Å²) in [6.45, 7) is 0. The van der Waals surface area contributed by atoms with Gasteiger partial charge in [-0.15, -0.1) is 22.7 Å². The van der Waals surface area contributed by atoms with E-state index in [-0.39, 0.29) is 0 Å². The molecule has 0 saturated heterocycles. The summed E-state index contributed by atoms with van der Waals surface area (Å²) in [5.74, 6) is 2.00. The van der Waals surface area contributed by atoms with Gasteiger partial charge in [0.2, 0.25) is 0 Å². The van der Waals surface area contributed by atoms with Gasteiger partial charge in [0.1, 0.15) is 0 Å². The lowest BCUT2D eigenvalue weighted by atomic mass is 9.97. The Morgan fingerprint density at radius 1 is 0.351 bits per heavy atom. The van der Waals surface area contributed by atoms with Gasteiger partial charge in [-0.05, 0) is 53.6 Å². The van der Waals surface area contributed by atoms with E-state index in [0.717, 1.165) is 16.7 Å². The van der Waals surface area contributed by atoms with Crippen molar-refractivity contribution in [1.29, 1.82) is 0 Å². The van der Waals surface area contributed by atoms with E-state index in [1.165, 1.54) is 79.0 Å². The van der Waals surface area contributed by atoms with Crippen molar-refractivity contribution in [2.24, 2.45) is 0 Å². The molecule has 4 nitrogen and oxygen atoms in total. The number of hydrogen-bond acceptors (Lipinski definition) is 5. The molecular formula is C51H30N4S2. The van der Waals surface area contributed by atoms with Crippen LogP contribution < -0.4 is 0 Å². The van der Waals surface area contributed by atoms with Crippen LogP contribution in [0, 0.1) is 0 Å². The highest BCUT2D eigenvalue weighted by atomic mass is 32.1. The molecule has 12 rings (SSSR count). The third kappa shape index (κ3) is 5.08. The summed E-state index contributed by atoms with van der Waals surface area (Å²) in [5, 5.41) is 7.58. The number of nitrogens with zero attached hydrogens (tertiary/aromatic N) is 4. The second-order valence-corrected chi connectivity index (χ2v) is 16.5. The first kappa shape index (κ1) is 32.3. The molecule has 57 heavy (non-hydrogen) atoms. The van der Waals surface area contributed by atoms with E-state index in [4.69, 9.17) is 15.0 Å². The predicted molar refractivity (Wildman–Crippen MR) is 242 cm³/mol. The molecule has 0 atom stereocenters. The molecule has 0 spiro atoms. The first-order valence-electron chi connectivity index (χ1n) is 19.0. The lowest BCUT2D eigenvalue weighted by Crippen LogP contribution is -2.00. The minimum atomic E-state index is 0.663. The molecule has 4 heterocycles. The number of fused-ring (bicyclic) bond motifs is 9.